The Bertz CT molecular complexity index is 699. The summed E-state index contributed by atoms with van der Waals surface area (Å²) in [5.41, 5.74) is 9.78. The Morgan fingerprint density at radius 1 is 1.36 bits per heavy atom. The van der Waals surface area contributed by atoms with Gasteiger partial charge in [-0.25, -0.2) is 0 Å². The molecule has 2 aromatic heterocycles. The van der Waals surface area contributed by atoms with E-state index >= 15 is 0 Å². The number of aryl methyl sites for hydroxylation is 1. The molecule has 7 heteroatoms. The highest BCUT2D eigenvalue weighted by atomic mass is 35.5. The van der Waals surface area contributed by atoms with Gasteiger partial charge in [0.2, 0.25) is 0 Å². The predicted octanol–water partition coefficient (Wildman–Crippen LogP) is 2.86. The maximum absolute atomic E-state index is 12.4. The van der Waals surface area contributed by atoms with Gasteiger partial charge >= 0.3 is 0 Å². The van der Waals surface area contributed by atoms with E-state index in [0.717, 1.165) is 22.6 Å². The first kappa shape index (κ1) is 21.5. The first-order chi connectivity index (χ1) is 11.1. The van der Waals surface area contributed by atoms with Crippen LogP contribution in [-0.4, -0.2) is 28.0 Å². The molecule has 0 spiro atoms. The number of halogens is 2. The lowest BCUT2D eigenvalue weighted by molar-refractivity contribution is 0.0949. The molecule has 0 radical (unpaired) electrons. The number of hydrogen-bond donors (Lipinski definition) is 2. The highest BCUT2D eigenvalue weighted by Gasteiger charge is 2.28. The Morgan fingerprint density at radius 3 is 2.68 bits per heavy atom. The van der Waals surface area contributed by atoms with Crippen LogP contribution in [0.1, 0.15) is 40.3 Å². The monoisotopic (exact) mass is 384 g/mol. The Morgan fingerprint density at radius 2 is 2.08 bits per heavy atom. The fourth-order valence-corrected chi connectivity index (χ4v) is 2.92. The quantitative estimate of drug-likeness (QED) is 0.803. The number of nitrogens with one attached hydrogen (secondary N) is 1. The Kier molecular flexibility index (Phi) is 7.93. The summed E-state index contributed by atoms with van der Waals surface area (Å²) in [6.07, 6.45) is 4.17. The maximum Gasteiger partial charge on any atom is 0.253 e. The highest BCUT2D eigenvalue weighted by molar-refractivity contribution is 5.95. The summed E-state index contributed by atoms with van der Waals surface area (Å²) < 4.78 is 2.12. The van der Waals surface area contributed by atoms with Gasteiger partial charge in [-0.15, -0.1) is 24.8 Å². The van der Waals surface area contributed by atoms with Crippen molar-refractivity contribution >= 4 is 30.7 Å². The SMILES string of the molecule is Cc1cc(C(=O)NCC(N)C2CC2)c(C)n1Cc1ccccn1.Cl.Cl. The molecule has 1 saturated carbocycles. The number of carbonyl (C=O) groups is 1. The average Bonchev–Trinajstić information content (AvgIpc) is 3.36. The number of rotatable bonds is 6. The third-order valence-corrected chi connectivity index (χ3v) is 4.59. The second kappa shape index (κ2) is 9.22. The van der Waals surface area contributed by atoms with Crippen molar-refractivity contribution in [2.45, 2.75) is 39.3 Å². The Balaban J connectivity index is 0.00000156. The van der Waals surface area contributed by atoms with Gasteiger partial charge in [-0.1, -0.05) is 6.07 Å². The van der Waals surface area contributed by atoms with Crippen molar-refractivity contribution in [3.05, 3.63) is 53.1 Å². The number of carbonyl (C=O) groups excluding carboxylic acids is 1. The van der Waals surface area contributed by atoms with E-state index in [-0.39, 0.29) is 36.8 Å². The van der Waals surface area contributed by atoms with E-state index in [1.165, 1.54) is 12.8 Å². The summed E-state index contributed by atoms with van der Waals surface area (Å²) in [5, 5.41) is 2.97. The van der Waals surface area contributed by atoms with Gasteiger partial charge in [-0.05, 0) is 50.8 Å². The Hall–Kier alpha value is -1.56. The summed E-state index contributed by atoms with van der Waals surface area (Å²) in [6.45, 7) is 5.22. The van der Waals surface area contributed by atoms with Crippen molar-refractivity contribution in [2.24, 2.45) is 11.7 Å². The van der Waals surface area contributed by atoms with Gasteiger partial charge in [-0.3, -0.25) is 9.78 Å². The molecule has 2 heterocycles. The van der Waals surface area contributed by atoms with Crippen LogP contribution in [0.3, 0.4) is 0 Å². The van der Waals surface area contributed by atoms with Crippen molar-refractivity contribution in [3.63, 3.8) is 0 Å². The molecule has 2 aromatic rings. The largest absolute Gasteiger partial charge is 0.350 e. The minimum atomic E-state index is -0.0403. The van der Waals surface area contributed by atoms with Gasteiger partial charge in [0.25, 0.3) is 5.91 Å². The third kappa shape index (κ3) is 5.21. The lowest BCUT2D eigenvalue weighted by Gasteiger charge is -2.12. The molecule has 0 aliphatic heterocycles. The van der Waals surface area contributed by atoms with E-state index in [4.69, 9.17) is 5.73 Å². The van der Waals surface area contributed by atoms with Crippen LogP contribution < -0.4 is 11.1 Å². The Labute approximate surface area is 161 Å². The van der Waals surface area contributed by atoms with E-state index in [2.05, 4.69) is 14.9 Å². The third-order valence-electron chi connectivity index (χ3n) is 4.59. The predicted molar refractivity (Wildman–Crippen MR) is 105 cm³/mol. The standard InChI is InChI=1S/C18H24N4O.2ClH/c1-12-9-16(18(23)21-10-17(19)14-6-7-14)13(2)22(12)11-15-5-3-4-8-20-15;;/h3-5,8-9,14,17H,6-7,10-11,19H2,1-2H3,(H,21,23);2*1H. The zero-order chi connectivity index (χ0) is 16.4. The zero-order valence-electron chi connectivity index (χ0n) is 14.6. The topological polar surface area (TPSA) is 72.9 Å². The smallest absolute Gasteiger partial charge is 0.253 e. The molecule has 5 nitrogen and oxygen atoms in total. The summed E-state index contributed by atoms with van der Waals surface area (Å²) in [6, 6.07) is 7.89. The van der Waals surface area contributed by atoms with Gasteiger partial charge in [0.05, 0.1) is 17.8 Å². The van der Waals surface area contributed by atoms with E-state index in [9.17, 15) is 4.79 Å². The molecular weight excluding hydrogens is 359 g/mol. The molecule has 0 bridgehead atoms. The number of nitrogens with zero attached hydrogens (tertiary/aromatic N) is 2. The second-order valence-corrected chi connectivity index (χ2v) is 6.40. The van der Waals surface area contributed by atoms with Crippen molar-refractivity contribution in [1.29, 1.82) is 0 Å². The molecule has 1 aliphatic rings. The minimum Gasteiger partial charge on any atom is -0.350 e. The molecule has 1 fully saturated rings. The summed E-state index contributed by atoms with van der Waals surface area (Å²) >= 11 is 0. The summed E-state index contributed by atoms with van der Waals surface area (Å²) in [4.78, 5) is 16.8. The van der Waals surface area contributed by atoms with Crippen LogP contribution in [0.5, 0.6) is 0 Å². The van der Waals surface area contributed by atoms with Gasteiger partial charge in [-0.2, -0.15) is 0 Å². The van der Waals surface area contributed by atoms with Crippen LogP contribution in [0.4, 0.5) is 0 Å². The molecule has 3 N–H and O–H groups in total. The number of aromatic nitrogens is 2. The van der Waals surface area contributed by atoms with Crippen LogP contribution >= 0.6 is 24.8 Å². The van der Waals surface area contributed by atoms with Crippen molar-refractivity contribution in [1.82, 2.24) is 14.9 Å². The maximum atomic E-state index is 12.4. The highest BCUT2D eigenvalue weighted by Crippen LogP contribution is 2.31. The molecule has 0 aromatic carbocycles. The molecule has 1 aliphatic carbocycles. The number of pyridine rings is 1. The number of hydrogen-bond acceptors (Lipinski definition) is 3. The molecule has 1 amide bonds. The lowest BCUT2D eigenvalue weighted by Crippen LogP contribution is -2.38. The van der Waals surface area contributed by atoms with Crippen molar-refractivity contribution in [3.8, 4) is 0 Å². The first-order valence-corrected chi connectivity index (χ1v) is 8.16. The summed E-state index contributed by atoms with van der Waals surface area (Å²) in [7, 11) is 0. The molecule has 138 valence electrons. The second-order valence-electron chi connectivity index (χ2n) is 6.40. The van der Waals surface area contributed by atoms with Crippen LogP contribution in [0.15, 0.2) is 30.5 Å². The minimum absolute atomic E-state index is 0. The zero-order valence-corrected chi connectivity index (χ0v) is 16.2. The first-order valence-electron chi connectivity index (χ1n) is 8.16. The van der Waals surface area contributed by atoms with Crippen LogP contribution in [0.25, 0.3) is 0 Å². The lowest BCUT2D eigenvalue weighted by atomic mass is 10.2. The van der Waals surface area contributed by atoms with Crippen molar-refractivity contribution < 1.29 is 4.79 Å². The van der Waals surface area contributed by atoms with E-state index in [1.54, 1.807) is 6.20 Å². The number of amides is 1. The molecular formula is C18H26Cl2N4O. The molecule has 3 rings (SSSR count). The summed E-state index contributed by atoms with van der Waals surface area (Å²) in [5.74, 6) is 0.549. The van der Waals surface area contributed by atoms with Crippen molar-refractivity contribution in [2.75, 3.05) is 6.54 Å². The van der Waals surface area contributed by atoms with Gasteiger partial charge in [0, 0.05) is 30.2 Å². The van der Waals surface area contributed by atoms with Crippen LogP contribution in [0, 0.1) is 19.8 Å². The molecule has 0 saturated heterocycles. The van der Waals surface area contributed by atoms with Gasteiger partial charge < -0.3 is 15.6 Å². The van der Waals surface area contributed by atoms with Crippen LogP contribution in [0.2, 0.25) is 0 Å². The molecule has 1 atom stereocenters. The van der Waals surface area contributed by atoms with E-state index in [0.29, 0.717) is 19.0 Å². The fourth-order valence-electron chi connectivity index (χ4n) is 2.92. The van der Waals surface area contributed by atoms with Gasteiger partial charge in [0.1, 0.15) is 0 Å². The molecule has 25 heavy (non-hydrogen) atoms. The van der Waals surface area contributed by atoms with E-state index in [1.807, 2.05) is 38.1 Å². The van der Waals surface area contributed by atoms with Gasteiger partial charge in [0.15, 0.2) is 0 Å². The normalized spacial score (nSPS) is 14.2. The van der Waals surface area contributed by atoms with E-state index < -0.39 is 0 Å². The fraction of sp³-hybridized carbons (Fsp3) is 0.444. The van der Waals surface area contributed by atoms with Crippen LogP contribution in [-0.2, 0) is 6.54 Å². The average molecular weight is 385 g/mol. The molecule has 1 unspecified atom stereocenters. The number of nitrogens with two attached hydrogens (primary N) is 1.